The maximum Gasteiger partial charge on any atom is 0.281 e. The van der Waals surface area contributed by atoms with E-state index in [-0.39, 0.29) is 0 Å². The molecule has 0 spiro atoms. The molecule has 0 amide bonds. The lowest BCUT2D eigenvalue weighted by Crippen LogP contribution is -2.51. The largest absolute Gasteiger partial charge is 0.330 e. The van der Waals surface area contributed by atoms with Gasteiger partial charge in [0.2, 0.25) is 0 Å². The number of rotatable bonds is 6. The van der Waals surface area contributed by atoms with E-state index >= 15 is 0 Å². The maximum atomic E-state index is 11.9. The fraction of sp³-hybridized carbons (Fsp3) is 1.00. The normalized spacial score (nSPS) is 20.0. The van der Waals surface area contributed by atoms with Gasteiger partial charge < -0.3 is 10.6 Å². The van der Waals surface area contributed by atoms with E-state index in [0.717, 1.165) is 39.0 Å². The molecule has 1 rings (SSSR count). The molecule has 0 aliphatic carbocycles. The van der Waals surface area contributed by atoms with Gasteiger partial charge >= 0.3 is 0 Å². The van der Waals surface area contributed by atoms with Crippen LogP contribution in [0.5, 0.6) is 0 Å². The summed E-state index contributed by atoms with van der Waals surface area (Å²) in [4.78, 5) is 2.30. The van der Waals surface area contributed by atoms with Crippen molar-refractivity contribution in [2.75, 3.05) is 53.4 Å². The molecular formula is C10H24N4O2S. The van der Waals surface area contributed by atoms with Gasteiger partial charge in [0.15, 0.2) is 0 Å². The minimum absolute atomic E-state index is 0.586. The van der Waals surface area contributed by atoms with Crippen LogP contribution in [0.2, 0.25) is 0 Å². The minimum Gasteiger partial charge on any atom is -0.330 e. The second kappa shape index (κ2) is 6.65. The number of unbranched alkanes of at least 4 members (excludes halogenated alkanes) is 1. The molecule has 1 fully saturated rings. The average molecular weight is 264 g/mol. The molecule has 102 valence electrons. The topological polar surface area (TPSA) is 69.9 Å². The van der Waals surface area contributed by atoms with Crippen LogP contribution in [-0.4, -0.2) is 75.3 Å². The van der Waals surface area contributed by atoms with Crippen LogP contribution in [0.25, 0.3) is 0 Å². The summed E-state index contributed by atoms with van der Waals surface area (Å²) in [6.45, 7) is 4.56. The van der Waals surface area contributed by atoms with Gasteiger partial charge in [0.05, 0.1) is 0 Å². The molecule has 1 aliphatic rings. The van der Waals surface area contributed by atoms with Gasteiger partial charge in [-0.2, -0.15) is 17.0 Å². The van der Waals surface area contributed by atoms with E-state index in [0.29, 0.717) is 13.1 Å². The smallest absolute Gasteiger partial charge is 0.281 e. The van der Waals surface area contributed by atoms with Gasteiger partial charge in [-0.25, -0.2) is 0 Å². The Morgan fingerprint density at radius 3 is 2.18 bits per heavy atom. The average Bonchev–Trinajstić information content (AvgIpc) is 2.30. The van der Waals surface area contributed by atoms with Crippen LogP contribution in [0.4, 0.5) is 0 Å². The fourth-order valence-corrected chi connectivity index (χ4v) is 2.98. The van der Waals surface area contributed by atoms with E-state index in [2.05, 4.69) is 4.90 Å². The van der Waals surface area contributed by atoms with E-state index in [1.807, 2.05) is 0 Å². The molecule has 0 atom stereocenters. The van der Waals surface area contributed by atoms with Gasteiger partial charge in [0.25, 0.3) is 10.2 Å². The Morgan fingerprint density at radius 2 is 1.71 bits per heavy atom. The SMILES string of the molecule is CN(C)S(=O)(=O)N1CCN(CCCCN)CC1. The Balaban J connectivity index is 2.36. The Hall–Kier alpha value is -0.210. The van der Waals surface area contributed by atoms with Gasteiger partial charge in [0.1, 0.15) is 0 Å². The van der Waals surface area contributed by atoms with Crippen LogP contribution in [-0.2, 0) is 10.2 Å². The number of hydrogen-bond acceptors (Lipinski definition) is 4. The molecule has 1 aliphatic heterocycles. The Morgan fingerprint density at radius 1 is 1.12 bits per heavy atom. The molecule has 0 radical (unpaired) electrons. The number of nitrogens with zero attached hydrogens (tertiary/aromatic N) is 3. The molecule has 0 aromatic heterocycles. The first-order valence-electron chi connectivity index (χ1n) is 6.08. The summed E-state index contributed by atoms with van der Waals surface area (Å²) in [6, 6.07) is 0. The Kier molecular flexibility index (Phi) is 5.81. The molecule has 6 nitrogen and oxygen atoms in total. The highest BCUT2D eigenvalue weighted by Gasteiger charge is 2.28. The second-order valence-electron chi connectivity index (χ2n) is 4.53. The highest BCUT2D eigenvalue weighted by Crippen LogP contribution is 2.09. The van der Waals surface area contributed by atoms with Gasteiger partial charge in [-0.3, -0.25) is 0 Å². The summed E-state index contributed by atoms with van der Waals surface area (Å²) < 4.78 is 26.6. The van der Waals surface area contributed by atoms with Gasteiger partial charge in [-0.15, -0.1) is 0 Å². The summed E-state index contributed by atoms with van der Waals surface area (Å²) in [7, 11) is -0.0838. The van der Waals surface area contributed by atoms with E-state index in [4.69, 9.17) is 5.73 Å². The highest BCUT2D eigenvalue weighted by molar-refractivity contribution is 7.86. The van der Waals surface area contributed by atoms with Crippen molar-refractivity contribution in [3.8, 4) is 0 Å². The molecule has 0 aromatic rings. The Labute approximate surface area is 105 Å². The van der Waals surface area contributed by atoms with Gasteiger partial charge in [-0.05, 0) is 25.9 Å². The van der Waals surface area contributed by atoms with Crippen LogP contribution in [0, 0.1) is 0 Å². The third-order valence-electron chi connectivity index (χ3n) is 3.05. The zero-order valence-electron chi connectivity index (χ0n) is 10.8. The monoisotopic (exact) mass is 264 g/mol. The molecule has 0 bridgehead atoms. The number of hydrogen-bond donors (Lipinski definition) is 1. The first kappa shape index (κ1) is 14.8. The molecule has 7 heteroatoms. The van der Waals surface area contributed by atoms with E-state index in [1.54, 1.807) is 18.4 Å². The van der Waals surface area contributed by atoms with Crippen LogP contribution < -0.4 is 5.73 Å². The van der Waals surface area contributed by atoms with Crippen molar-refractivity contribution < 1.29 is 8.42 Å². The molecule has 0 aromatic carbocycles. The first-order valence-corrected chi connectivity index (χ1v) is 7.48. The molecule has 1 heterocycles. The first-order chi connectivity index (χ1) is 7.98. The summed E-state index contributed by atoms with van der Waals surface area (Å²) >= 11 is 0. The molecule has 2 N–H and O–H groups in total. The van der Waals surface area contributed by atoms with E-state index in [9.17, 15) is 8.42 Å². The van der Waals surface area contributed by atoms with E-state index < -0.39 is 10.2 Å². The molecule has 17 heavy (non-hydrogen) atoms. The van der Waals surface area contributed by atoms with Crippen molar-refractivity contribution in [3.63, 3.8) is 0 Å². The Bertz CT molecular complexity index is 310. The predicted octanol–water partition coefficient (Wildman–Crippen LogP) is -0.851. The quantitative estimate of drug-likeness (QED) is 0.634. The number of nitrogens with two attached hydrogens (primary N) is 1. The summed E-state index contributed by atoms with van der Waals surface area (Å²) in [6.07, 6.45) is 2.13. The molecule has 0 unspecified atom stereocenters. The lowest BCUT2D eigenvalue weighted by Gasteiger charge is -2.35. The summed E-state index contributed by atoms with van der Waals surface area (Å²) in [5.41, 5.74) is 5.44. The highest BCUT2D eigenvalue weighted by atomic mass is 32.2. The zero-order valence-corrected chi connectivity index (χ0v) is 11.6. The van der Waals surface area contributed by atoms with Crippen molar-refractivity contribution in [3.05, 3.63) is 0 Å². The minimum atomic E-state index is -3.23. The van der Waals surface area contributed by atoms with Crippen LogP contribution in [0.3, 0.4) is 0 Å². The van der Waals surface area contributed by atoms with Crippen molar-refractivity contribution in [1.29, 1.82) is 0 Å². The summed E-state index contributed by atoms with van der Waals surface area (Å²) in [5, 5.41) is 0. The van der Waals surface area contributed by atoms with Crippen molar-refractivity contribution in [2.24, 2.45) is 5.73 Å². The standard InChI is InChI=1S/C10H24N4O2S/c1-12(2)17(15,16)14-9-7-13(8-10-14)6-4-3-5-11/h3-11H2,1-2H3. The third-order valence-corrected chi connectivity index (χ3v) is 4.99. The fourth-order valence-electron chi connectivity index (χ4n) is 1.89. The summed E-state index contributed by atoms with van der Waals surface area (Å²) in [5.74, 6) is 0. The maximum absolute atomic E-state index is 11.9. The number of piperazine rings is 1. The molecule has 1 saturated heterocycles. The van der Waals surface area contributed by atoms with Crippen LogP contribution in [0.1, 0.15) is 12.8 Å². The van der Waals surface area contributed by atoms with Crippen molar-refractivity contribution >= 4 is 10.2 Å². The lowest BCUT2D eigenvalue weighted by molar-refractivity contribution is 0.181. The van der Waals surface area contributed by atoms with Gasteiger partial charge in [0, 0.05) is 40.3 Å². The molecule has 0 saturated carbocycles. The van der Waals surface area contributed by atoms with Crippen LogP contribution >= 0.6 is 0 Å². The van der Waals surface area contributed by atoms with Crippen molar-refractivity contribution in [1.82, 2.24) is 13.5 Å². The third kappa shape index (κ3) is 4.18. The second-order valence-corrected chi connectivity index (χ2v) is 6.67. The lowest BCUT2D eigenvalue weighted by atomic mass is 10.2. The zero-order chi connectivity index (χ0) is 12.9. The molecular weight excluding hydrogens is 240 g/mol. The predicted molar refractivity (Wildman–Crippen MR) is 68.9 cm³/mol. The van der Waals surface area contributed by atoms with Gasteiger partial charge in [-0.1, -0.05) is 0 Å². The van der Waals surface area contributed by atoms with E-state index in [1.165, 1.54) is 4.31 Å². The van der Waals surface area contributed by atoms with Crippen LogP contribution in [0.15, 0.2) is 0 Å². The van der Waals surface area contributed by atoms with Crippen molar-refractivity contribution in [2.45, 2.75) is 12.8 Å².